The number of benzene rings is 1. The van der Waals surface area contributed by atoms with Crippen LogP contribution in [0, 0.1) is 5.92 Å². The maximum absolute atomic E-state index is 12.0. The van der Waals surface area contributed by atoms with Gasteiger partial charge in [0.1, 0.15) is 0 Å². The largest absolute Gasteiger partial charge is 0.399 e. The summed E-state index contributed by atoms with van der Waals surface area (Å²) in [5.41, 5.74) is 9.04. The Morgan fingerprint density at radius 3 is 3.11 bits per heavy atom. The summed E-state index contributed by atoms with van der Waals surface area (Å²) < 4.78 is 5.05. The van der Waals surface area contributed by atoms with Gasteiger partial charge >= 0.3 is 0 Å². The zero-order valence-electron chi connectivity index (χ0n) is 11.6. The van der Waals surface area contributed by atoms with E-state index in [1.165, 1.54) is 11.1 Å². The summed E-state index contributed by atoms with van der Waals surface area (Å²) in [6.07, 6.45) is 2.46. The Labute approximate surface area is 114 Å². The Hall–Kier alpha value is -1.55. The first-order valence-corrected chi connectivity index (χ1v) is 6.76. The molecule has 0 saturated carbocycles. The van der Waals surface area contributed by atoms with Crippen LogP contribution in [0.4, 0.5) is 5.69 Å². The fraction of sp³-hybridized carbons (Fsp3) is 0.533. The van der Waals surface area contributed by atoms with Gasteiger partial charge < -0.3 is 15.8 Å². The van der Waals surface area contributed by atoms with Crippen LogP contribution < -0.4 is 11.1 Å². The van der Waals surface area contributed by atoms with Crippen LogP contribution in [0.5, 0.6) is 0 Å². The van der Waals surface area contributed by atoms with Crippen LogP contribution in [0.3, 0.4) is 0 Å². The lowest BCUT2D eigenvalue weighted by Gasteiger charge is -2.16. The molecule has 1 aliphatic rings. The standard InChI is InChI=1S/C15H22N2O2/c1-10(9-19-2)7-15(18)17-14-6-3-11-8-12(16)4-5-13(11)14/h4-5,8,10,14H,3,6-7,9,16H2,1-2H3,(H,17,18). The number of methoxy groups -OCH3 is 1. The smallest absolute Gasteiger partial charge is 0.220 e. The molecule has 0 saturated heterocycles. The van der Waals surface area contributed by atoms with E-state index in [0.717, 1.165) is 18.5 Å². The van der Waals surface area contributed by atoms with E-state index < -0.39 is 0 Å². The van der Waals surface area contributed by atoms with E-state index >= 15 is 0 Å². The number of carbonyl (C=O) groups is 1. The lowest BCUT2D eigenvalue weighted by atomic mass is 10.1. The van der Waals surface area contributed by atoms with E-state index in [4.69, 9.17) is 10.5 Å². The van der Waals surface area contributed by atoms with Crippen LogP contribution in [0.1, 0.15) is 36.9 Å². The topological polar surface area (TPSA) is 64.3 Å². The first-order chi connectivity index (χ1) is 9.10. The number of anilines is 1. The second-order valence-electron chi connectivity index (χ2n) is 5.38. The molecular weight excluding hydrogens is 240 g/mol. The molecule has 0 spiro atoms. The molecule has 0 bridgehead atoms. The van der Waals surface area contributed by atoms with Gasteiger partial charge in [0.2, 0.25) is 5.91 Å². The fourth-order valence-corrected chi connectivity index (χ4v) is 2.70. The van der Waals surface area contributed by atoms with Gasteiger partial charge in [0.05, 0.1) is 6.04 Å². The molecule has 0 aliphatic heterocycles. The molecule has 1 amide bonds. The van der Waals surface area contributed by atoms with Crippen molar-refractivity contribution in [2.75, 3.05) is 19.5 Å². The van der Waals surface area contributed by atoms with E-state index in [9.17, 15) is 4.79 Å². The van der Waals surface area contributed by atoms with Gasteiger partial charge in [0.25, 0.3) is 0 Å². The van der Waals surface area contributed by atoms with Crippen LogP contribution in [0.25, 0.3) is 0 Å². The van der Waals surface area contributed by atoms with E-state index in [0.29, 0.717) is 13.0 Å². The molecule has 0 aromatic heterocycles. The number of ether oxygens (including phenoxy) is 1. The highest BCUT2D eigenvalue weighted by Crippen LogP contribution is 2.32. The highest BCUT2D eigenvalue weighted by Gasteiger charge is 2.24. The van der Waals surface area contributed by atoms with Gasteiger partial charge in [-0.2, -0.15) is 0 Å². The Morgan fingerprint density at radius 1 is 1.58 bits per heavy atom. The molecule has 104 valence electrons. The number of carbonyl (C=O) groups excluding carboxylic acids is 1. The average Bonchev–Trinajstić information content (AvgIpc) is 2.71. The summed E-state index contributed by atoms with van der Waals surface area (Å²) in [7, 11) is 1.66. The van der Waals surface area contributed by atoms with Crippen LogP contribution in [0.2, 0.25) is 0 Å². The summed E-state index contributed by atoms with van der Waals surface area (Å²) >= 11 is 0. The first kappa shape index (κ1) is 13.9. The second-order valence-corrected chi connectivity index (χ2v) is 5.38. The zero-order chi connectivity index (χ0) is 13.8. The molecule has 2 atom stereocenters. The van der Waals surface area contributed by atoms with E-state index in [1.807, 2.05) is 25.1 Å². The minimum Gasteiger partial charge on any atom is -0.399 e. The summed E-state index contributed by atoms with van der Waals surface area (Å²) in [6.45, 7) is 2.64. The number of aryl methyl sites for hydroxylation is 1. The molecule has 1 aliphatic carbocycles. The molecule has 0 fully saturated rings. The van der Waals surface area contributed by atoms with Gasteiger partial charge in [0, 0.05) is 25.8 Å². The third-order valence-electron chi connectivity index (χ3n) is 3.57. The van der Waals surface area contributed by atoms with Crippen LogP contribution in [0.15, 0.2) is 18.2 Å². The van der Waals surface area contributed by atoms with Crippen molar-refractivity contribution in [2.24, 2.45) is 5.92 Å². The Balaban J connectivity index is 1.93. The molecule has 2 unspecified atom stereocenters. The normalized spacial score (nSPS) is 18.9. The molecule has 1 aromatic carbocycles. The molecule has 2 rings (SSSR count). The number of nitrogens with two attached hydrogens (primary N) is 1. The zero-order valence-corrected chi connectivity index (χ0v) is 11.6. The lowest BCUT2D eigenvalue weighted by molar-refractivity contribution is -0.123. The second kappa shape index (κ2) is 6.06. The predicted octanol–water partition coefficient (Wildman–Crippen LogP) is 2.04. The summed E-state index contributed by atoms with van der Waals surface area (Å²) in [5, 5.41) is 3.11. The summed E-state index contributed by atoms with van der Waals surface area (Å²) in [5.74, 6) is 0.344. The average molecular weight is 262 g/mol. The molecule has 3 N–H and O–H groups in total. The Bertz CT molecular complexity index is 459. The van der Waals surface area contributed by atoms with Gasteiger partial charge in [-0.1, -0.05) is 13.0 Å². The van der Waals surface area contributed by atoms with E-state index in [1.54, 1.807) is 7.11 Å². The van der Waals surface area contributed by atoms with Crippen LogP contribution in [-0.4, -0.2) is 19.6 Å². The Kier molecular flexibility index (Phi) is 4.43. The maximum atomic E-state index is 12.0. The minimum atomic E-state index is 0.0965. The Morgan fingerprint density at radius 2 is 2.37 bits per heavy atom. The molecular formula is C15H22N2O2. The maximum Gasteiger partial charge on any atom is 0.220 e. The van der Waals surface area contributed by atoms with Crippen molar-refractivity contribution >= 4 is 11.6 Å². The summed E-state index contributed by atoms with van der Waals surface area (Å²) in [4.78, 5) is 12.0. The molecule has 19 heavy (non-hydrogen) atoms. The molecule has 0 heterocycles. The fourth-order valence-electron chi connectivity index (χ4n) is 2.70. The summed E-state index contributed by atoms with van der Waals surface area (Å²) in [6, 6.07) is 6.07. The number of fused-ring (bicyclic) bond motifs is 1. The van der Waals surface area contributed by atoms with Crippen LogP contribution >= 0.6 is 0 Å². The highest BCUT2D eigenvalue weighted by atomic mass is 16.5. The van der Waals surface area contributed by atoms with E-state index in [-0.39, 0.29) is 17.9 Å². The SMILES string of the molecule is COCC(C)CC(=O)NC1CCc2cc(N)ccc21. The number of nitrogen functional groups attached to an aromatic ring is 1. The minimum absolute atomic E-state index is 0.0965. The molecule has 0 radical (unpaired) electrons. The monoisotopic (exact) mass is 262 g/mol. The number of rotatable bonds is 5. The van der Waals surface area contributed by atoms with Crippen molar-refractivity contribution in [3.05, 3.63) is 29.3 Å². The van der Waals surface area contributed by atoms with Gasteiger partial charge in [-0.05, 0) is 42.0 Å². The molecule has 4 nitrogen and oxygen atoms in total. The third-order valence-corrected chi connectivity index (χ3v) is 3.57. The van der Waals surface area contributed by atoms with Crippen molar-refractivity contribution in [1.29, 1.82) is 0 Å². The van der Waals surface area contributed by atoms with Gasteiger partial charge in [-0.15, -0.1) is 0 Å². The van der Waals surface area contributed by atoms with Gasteiger partial charge in [-0.3, -0.25) is 4.79 Å². The van der Waals surface area contributed by atoms with Crippen molar-refractivity contribution in [2.45, 2.75) is 32.2 Å². The van der Waals surface area contributed by atoms with Crippen molar-refractivity contribution in [1.82, 2.24) is 5.32 Å². The van der Waals surface area contributed by atoms with Crippen LogP contribution in [-0.2, 0) is 16.0 Å². The highest BCUT2D eigenvalue weighted by molar-refractivity contribution is 5.77. The number of nitrogens with one attached hydrogen (secondary N) is 1. The van der Waals surface area contributed by atoms with Crippen molar-refractivity contribution in [3.63, 3.8) is 0 Å². The first-order valence-electron chi connectivity index (χ1n) is 6.76. The molecule has 4 heteroatoms. The van der Waals surface area contributed by atoms with E-state index in [2.05, 4.69) is 5.32 Å². The van der Waals surface area contributed by atoms with Crippen molar-refractivity contribution < 1.29 is 9.53 Å². The third kappa shape index (κ3) is 3.47. The number of amides is 1. The van der Waals surface area contributed by atoms with Gasteiger partial charge in [0.15, 0.2) is 0 Å². The quantitative estimate of drug-likeness (QED) is 0.798. The molecule has 1 aromatic rings. The number of hydrogen-bond acceptors (Lipinski definition) is 3. The number of hydrogen-bond donors (Lipinski definition) is 2. The predicted molar refractivity (Wildman–Crippen MR) is 75.7 cm³/mol. The lowest BCUT2D eigenvalue weighted by Crippen LogP contribution is -2.29. The van der Waals surface area contributed by atoms with Crippen molar-refractivity contribution in [3.8, 4) is 0 Å². The van der Waals surface area contributed by atoms with Gasteiger partial charge in [-0.25, -0.2) is 0 Å².